The number of aryl methyl sites for hydroxylation is 1. The van der Waals surface area contributed by atoms with Crippen LogP contribution in [0.25, 0.3) is 0 Å². The molecule has 1 aliphatic rings. The van der Waals surface area contributed by atoms with Gasteiger partial charge in [0.15, 0.2) is 0 Å². The van der Waals surface area contributed by atoms with Crippen LogP contribution in [0.3, 0.4) is 0 Å². The molecule has 158 valence electrons. The Hall–Kier alpha value is -1.89. The van der Waals surface area contributed by atoms with E-state index >= 15 is 0 Å². The number of hydrogen-bond acceptors (Lipinski definition) is 5. The van der Waals surface area contributed by atoms with Crippen molar-refractivity contribution in [2.45, 2.75) is 76.1 Å². The quantitative estimate of drug-likeness (QED) is 0.719. The van der Waals surface area contributed by atoms with Gasteiger partial charge in [0.05, 0.1) is 6.10 Å². The van der Waals surface area contributed by atoms with E-state index in [0.29, 0.717) is 18.4 Å². The standard InChI is InChI=1S/C23H31NO4S/c1-17-11-12-19(25)13-21(17)29(26,27)28-20-14-22(2,3)24(23(4,5)15-20)16-18-9-7-6-8-10-18/h6-13,20,25H,14-16H2,1-5H3. The van der Waals surface area contributed by atoms with Crippen LogP contribution in [-0.4, -0.2) is 35.6 Å². The molecule has 3 rings (SSSR count). The van der Waals surface area contributed by atoms with Crippen molar-refractivity contribution in [1.29, 1.82) is 0 Å². The third kappa shape index (κ3) is 4.82. The lowest BCUT2D eigenvalue weighted by molar-refractivity contribution is -0.0773. The van der Waals surface area contributed by atoms with Gasteiger partial charge in [-0.15, -0.1) is 0 Å². The first-order valence-corrected chi connectivity index (χ1v) is 11.4. The number of phenols is 1. The molecule has 1 aliphatic heterocycles. The van der Waals surface area contributed by atoms with Crippen LogP contribution in [0.15, 0.2) is 53.4 Å². The number of benzene rings is 2. The lowest BCUT2D eigenvalue weighted by Crippen LogP contribution is -2.61. The van der Waals surface area contributed by atoms with Gasteiger partial charge in [-0.3, -0.25) is 9.08 Å². The maximum absolute atomic E-state index is 12.9. The van der Waals surface area contributed by atoms with Crippen molar-refractivity contribution in [2.24, 2.45) is 0 Å². The topological polar surface area (TPSA) is 66.8 Å². The lowest BCUT2D eigenvalue weighted by atomic mass is 9.78. The molecule has 2 aromatic rings. The maximum Gasteiger partial charge on any atom is 0.297 e. The Morgan fingerprint density at radius 2 is 1.62 bits per heavy atom. The smallest absolute Gasteiger partial charge is 0.297 e. The zero-order chi connectivity index (χ0) is 21.4. The fraction of sp³-hybridized carbons (Fsp3) is 0.478. The minimum Gasteiger partial charge on any atom is -0.508 e. The van der Waals surface area contributed by atoms with Gasteiger partial charge in [-0.05, 0) is 64.7 Å². The summed E-state index contributed by atoms with van der Waals surface area (Å²) in [6.07, 6.45) is 0.763. The van der Waals surface area contributed by atoms with Crippen LogP contribution in [0, 0.1) is 6.92 Å². The molecule has 0 unspecified atom stereocenters. The van der Waals surface area contributed by atoms with Crippen molar-refractivity contribution in [3.63, 3.8) is 0 Å². The highest BCUT2D eigenvalue weighted by Crippen LogP contribution is 2.41. The molecule has 6 heteroatoms. The molecule has 1 heterocycles. The highest BCUT2D eigenvalue weighted by atomic mass is 32.2. The van der Waals surface area contributed by atoms with E-state index in [0.717, 1.165) is 6.54 Å². The van der Waals surface area contributed by atoms with E-state index in [9.17, 15) is 13.5 Å². The van der Waals surface area contributed by atoms with Gasteiger partial charge in [-0.2, -0.15) is 8.42 Å². The Morgan fingerprint density at radius 1 is 1.03 bits per heavy atom. The van der Waals surface area contributed by atoms with Gasteiger partial charge in [-0.25, -0.2) is 0 Å². The van der Waals surface area contributed by atoms with E-state index in [2.05, 4.69) is 44.7 Å². The Labute approximate surface area is 174 Å². The number of phenolic OH excluding ortho intramolecular Hbond substituents is 1. The van der Waals surface area contributed by atoms with Crippen LogP contribution in [0.4, 0.5) is 0 Å². The largest absolute Gasteiger partial charge is 0.508 e. The predicted molar refractivity (Wildman–Crippen MR) is 114 cm³/mol. The Morgan fingerprint density at radius 3 is 2.21 bits per heavy atom. The normalized spacial score (nSPS) is 19.9. The van der Waals surface area contributed by atoms with Crippen molar-refractivity contribution >= 4 is 10.1 Å². The van der Waals surface area contributed by atoms with Crippen molar-refractivity contribution in [1.82, 2.24) is 4.90 Å². The summed E-state index contributed by atoms with van der Waals surface area (Å²) < 4.78 is 31.5. The molecule has 0 aromatic heterocycles. The van der Waals surface area contributed by atoms with Gasteiger partial charge in [0.25, 0.3) is 10.1 Å². The molecular weight excluding hydrogens is 386 g/mol. The van der Waals surface area contributed by atoms with Crippen LogP contribution in [0.1, 0.15) is 51.7 Å². The molecule has 0 aliphatic carbocycles. The predicted octanol–water partition coefficient (Wildman–Crippen LogP) is 4.63. The second kappa shape index (κ2) is 7.74. The SMILES string of the molecule is Cc1ccc(O)cc1S(=O)(=O)OC1CC(C)(C)N(Cc2ccccc2)C(C)(C)C1. The molecule has 1 saturated heterocycles. The van der Waals surface area contributed by atoms with Crippen molar-refractivity contribution < 1.29 is 17.7 Å². The molecule has 29 heavy (non-hydrogen) atoms. The van der Waals surface area contributed by atoms with Crippen LogP contribution in [-0.2, 0) is 20.8 Å². The monoisotopic (exact) mass is 417 g/mol. The fourth-order valence-electron chi connectivity index (χ4n) is 4.58. The summed E-state index contributed by atoms with van der Waals surface area (Å²) in [7, 11) is -3.97. The molecule has 1 fully saturated rings. The summed E-state index contributed by atoms with van der Waals surface area (Å²) >= 11 is 0. The summed E-state index contributed by atoms with van der Waals surface area (Å²) in [4.78, 5) is 2.46. The van der Waals surface area contributed by atoms with Crippen LogP contribution >= 0.6 is 0 Å². The molecule has 5 nitrogen and oxygen atoms in total. The molecule has 0 radical (unpaired) electrons. The van der Waals surface area contributed by atoms with Gasteiger partial charge in [0.2, 0.25) is 0 Å². The second-order valence-electron chi connectivity index (χ2n) is 9.23. The number of nitrogens with zero attached hydrogens (tertiary/aromatic N) is 1. The highest BCUT2D eigenvalue weighted by molar-refractivity contribution is 7.86. The number of piperidine rings is 1. The molecule has 0 saturated carbocycles. The molecular formula is C23H31NO4S. The molecule has 0 spiro atoms. The van der Waals surface area contributed by atoms with E-state index in [1.165, 1.54) is 17.7 Å². The number of likely N-dealkylation sites (tertiary alicyclic amines) is 1. The third-order valence-corrected chi connectivity index (χ3v) is 7.31. The third-order valence-electron chi connectivity index (χ3n) is 5.80. The molecule has 1 N–H and O–H groups in total. The van der Waals surface area contributed by atoms with Gasteiger partial charge >= 0.3 is 0 Å². The van der Waals surface area contributed by atoms with E-state index in [1.54, 1.807) is 13.0 Å². The first-order chi connectivity index (χ1) is 13.4. The highest BCUT2D eigenvalue weighted by Gasteiger charge is 2.46. The average molecular weight is 418 g/mol. The Bertz CT molecular complexity index is 950. The van der Waals surface area contributed by atoms with Gasteiger partial charge in [0, 0.05) is 23.7 Å². The fourth-order valence-corrected chi connectivity index (χ4v) is 5.90. The zero-order valence-corrected chi connectivity index (χ0v) is 18.7. The van der Waals surface area contributed by atoms with E-state index in [4.69, 9.17) is 4.18 Å². The van der Waals surface area contributed by atoms with Crippen molar-refractivity contribution in [3.8, 4) is 5.75 Å². The van der Waals surface area contributed by atoms with Crippen LogP contribution in [0.5, 0.6) is 5.75 Å². The lowest BCUT2D eigenvalue weighted by Gasteiger charge is -2.55. The van der Waals surface area contributed by atoms with Gasteiger partial charge in [-0.1, -0.05) is 36.4 Å². The summed E-state index contributed by atoms with van der Waals surface area (Å²) in [5.74, 6) is -0.0869. The summed E-state index contributed by atoms with van der Waals surface area (Å²) in [6.45, 7) is 11.1. The number of rotatable bonds is 5. The Balaban J connectivity index is 1.83. The van der Waals surface area contributed by atoms with E-state index in [-0.39, 0.29) is 21.7 Å². The first kappa shape index (κ1) is 21.8. The van der Waals surface area contributed by atoms with Crippen LogP contribution in [0.2, 0.25) is 0 Å². The number of hydrogen-bond donors (Lipinski definition) is 1. The molecule has 0 atom stereocenters. The Kier molecular flexibility index (Phi) is 5.82. The minimum atomic E-state index is -3.97. The molecule has 0 bridgehead atoms. The second-order valence-corrected chi connectivity index (χ2v) is 10.8. The summed E-state index contributed by atoms with van der Waals surface area (Å²) in [6, 6.07) is 14.6. The van der Waals surface area contributed by atoms with Crippen molar-refractivity contribution in [2.75, 3.05) is 0 Å². The first-order valence-electron chi connectivity index (χ1n) is 9.95. The molecule has 2 aromatic carbocycles. The van der Waals surface area contributed by atoms with E-state index < -0.39 is 16.2 Å². The van der Waals surface area contributed by atoms with Gasteiger partial charge < -0.3 is 5.11 Å². The zero-order valence-electron chi connectivity index (χ0n) is 17.8. The number of aromatic hydroxyl groups is 1. The maximum atomic E-state index is 12.9. The van der Waals surface area contributed by atoms with E-state index in [1.807, 2.05) is 18.2 Å². The summed E-state index contributed by atoms with van der Waals surface area (Å²) in [5.41, 5.74) is 1.30. The average Bonchev–Trinajstić information content (AvgIpc) is 2.60. The summed E-state index contributed by atoms with van der Waals surface area (Å²) in [5, 5.41) is 9.72. The van der Waals surface area contributed by atoms with Crippen LogP contribution < -0.4 is 0 Å². The molecule has 0 amide bonds. The minimum absolute atomic E-state index is 0.0276. The van der Waals surface area contributed by atoms with Gasteiger partial charge in [0.1, 0.15) is 10.6 Å². The van der Waals surface area contributed by atoms with Crippen molar-refractivity contribution in [3.05, 3.63) is 59.7 Å².